The molecule has 1 aromatic rings. The Morgan fingerprint density at radius 2 is 2.21 bits per heavy atom. The van der Waals surface area contributed by atoms with Crippen LogP contribution in [0.4, 0.5) is 0 Å². The second kappa shape index (κ2) is 5.36. The van der Waals surface area contributed by atoms with Crippen LogP contribution in [0.15, 0.2) is 22.7 Å². The number of hydrogen-bond donors (Lipinski definition) is 1. The lowest BCUT2D eigenvalue weighted by atomic mass is 10.1. The fourth-order valence-electron chi connectivity index (χ4n) is 1.73. The molecule has 1 nitrogen and oxygen atoms in total. The maximum Gasteiger partial charge on any atom is 0.0454 e. The van der Waals surface area contributed by atoms with Gasteiger partial charge in [0.25, 0.3) is 0 Å². The minimum atomic E-state index is 0. The number of halogens is 3. The Labute approximate surface area is 104 Å². The van der Waals surface area contributed by atoms with Crippen molar-refractivity contribution in [2.24, 2.45) is 0 Å². The van der Waals surface area contributed by atoms with Crippen molar-refractivity contribution in [3.05, 3.63) is 33.3 Å². The molecule has 0 saturated carbocycles. The van der Waals surface area contributed by atoms with Crippen LogP contribution in [0.25, 0.3) is 0 Å². The number of benzene rings is 1. The van der Waals surface area contributed by atoms with Crippen LogP contribution in [0.1, 0.15) is 24.4 Å². The summed E-state index contributed by atoms with van der Waals surface area (Å²) in [6, 6.07) is 6.47. The molecule has 0 unspecified atom stereocenters. The van der Waals surface area contributed by atoms with Crippen molar-refractivity contribution >= 4 is 39.9 Å². The molecule has 78 valence electrons. The van der Waals surface area contributed by atoms with Crippen LogP contribution in [0, 0.1) is 0 Å². The first kappa shape index (κ1) is 12.3. The molecule has 1 saturated heterocycles. The molecule has 0 aliphatic carbocycles. The van der Waals surface area contributed by atoms with Crippen molar-refractivity contribution in [3.63, 3.8) is 0 Å². The van der Waals surface area contributed by atoms with Crippen molar-refractivity contribution < 1.29 is 0 Å². The molecule has 0 spiro atoms. The molecule has 0 bridgehead atoms. The van der Waals surface area contributed by atoms with E-state index >= 15 is 0 Å². The van der Waals surface area contributed by atoms with Gasteiger partial charge in [-0.2, -0.15) is 0 Å². The summed E-state index contributed by atoms with van der Waals surface area (Å²) in [5.74, 6) is 0. The van der Waals surface area contributed by atoms with E-state index in [1.165, 1.54) is 18.4 Å². The summed E-state index contributed by atoms with van der Waals surface area (Å²) in [5.41, 5.74) is 1.22. The first-order valence-electron chi connectivity index (χ1n) is 4.46. The fourth-order valence-corrected chi connectivity index (χ4v) is 2.36. The first-order valence-corrected chi connectivity index (χ1v) is 5.63. The standard InChI is InChI=1S/C10H11BrClN.ClH/c11-7-3-4-9(12)8(6-7)10-2-1-5-13-10;/h3-4,6,10,13H,1-2,5H2;1H/t10-;/m0./s1. The first-order chi connectivity index (χ1) is 6.27. The minimum Gasteiger partial charge on any atom is -0.310 e. The Hall–Kier alpha value is 0.240. The van der Waals surface area contributed by atoms with Crippen LogP contribution in [0.3, 0.4) is 0 Å². The Balaban J connectivity index is 0.000000980. The molecule has 2 rings (SSSR count). The van der Waals surface area contributed by atoms with Crippen molar-refractivity contribution in [1.29, 1.82) is 0 Å². The zero-order chi connectivity index (χ0) is 9.26. The predicted molar refractivity (Wildman–Crippen MR) is 66.4 cm³/mol. The number of rotatable bonds is 1. The second-order valence-electron chi connectivity index (χ2n) is 3.31. The zero-order valence-electron chi connectivity index (χ0n) is 7.59. The molecule has 1 aromatic carbocycles. The van der Waals surface area contributed by atoms with E-state index in [9.17, 15) is 0 Å². The van der Waals surface area contributed by atoms with E-state index in [0.717, 1.165) is 16.0 Å². The summed E-state index contributed by atoms with van der Waals surface area (Å²) in [5, 5.41) is 4.30. The molecule has 4 heteroatoms. The highest BCUT2D eigenvalue weighted by atomic mass is 79.9. The van der Waals surface area contributed by atoms with Gasteiger partial charge in [-0.05, 0) is 43.1 Å². The molecular formula is C10H12BrCl2N. The van der Waals surface area contributed by atoms with E-state index in [1.54, 1.807) is 0 Å². The highest BCUT2D eigenvalue weighted by Gasteiger charge is 2.18. The lowest BCUT2D eigenvalue weighted by molar-refractivity contribution is 0.647. The summed E-state index contributed by atoms with van der Waals surface area (Å²) in [6.45, 7) is 1.10. The third-order valence-corrected chi connectivity index (χ3v) is 3.23. The lowest BCUT2D eigenvalue weighted by Gasteiger charge is -2.12. The summed E-state index contributed by atoms with van der Waals surface area (Å²) in [7, 11) is 0. The van der Waals surface area contributed by atoms with Crippen LogP contribution in [-0.4, -0.2) is 6.54 Å². The van der Waals surface area contributed by atoms with E-state index in [2.05, 4.69) is 27.3 Å². The maximum absolute atomic E-state index is 6.12. The summed E-state index contributed by atoms with van der Waals surface area (Å²) < 4.78 is 1.10. The molecule has 0 amide bonds. The maximum atomic E-state index is 6.12. The Kier molecular flexibility index (Phi) is 4.71. The van der Waals surface area contributed by atoms with Gasteiger partial charge in [0.05, 0.1) is 0 Å². The molecule has 1 heterocycles. The molecule has 1 aliphatic heterocycles. The van der Waals surface area contributed by atoms with Crippen LogP contribution in [0.5, 0.6) is 0 Å². The molecule has 1 N–H and O–H groups in total. The molecule has 1 fully saturated rings. The zero-order valence-corrected chi connectivity index (χ0v) is 10.8. The van der Waals surface area contributed by atoms with Gasteiger partial charge in [0.2, 0.25) is 0 Å². The summed E-state index contributed by atoms with van der Waals surface area (Å²) in [4.78, 5) is 0. The number of nitrogens with one attached hydrogen (secondary N) is 1. The quantitative estimate of drug-likeness (QED) is 0.827. The normalized spacial score (nSPS) is 20.6. The third kappa shape index (κ3) is 2.63. The Morgan fingerprint density at radius 3 is 2.86 bits per heavy atom. The van der Waals surface area contributed by atoms with E-state index in [0.29, 0.717) is 6.04 Å². The highest BCUT2D eigenvalue weighted by Crippen LogP contribution is 2.31. The van der Waals surface area contributed by atoms with Gasteiger partial charge >= 0.3 is 0 Å². The van der Waals surface area contributed by atoms with Gasteiger partial charge in [-0.1, -0.05) is 27.5 Å². The largest absolute Gasteiger partial charge is 0.310 e. The van der Waals surface area contributed by atoms with Gasteiger partial charge in [0.15, 0.2) is 0 Å². The smallest absolute Gasteiger partial charge is 0.0454 e. The Bertz CT molecular complexity index is 311. The number of hydrogen-bond acceptors (Lipinski definition) is 1. The third-order valence-electron chi connectivity index (χ3n) is 2.39. The van der Waals surface area contributed by atoms with Crippen molar-refractivity contribution in [2.75, 3.05) is 6.54 Å². The van der Waals surface area contributed by atoms with E-state index in [1.807, 2.05) is 12.1 Å². The summed E-state index contributed by atoms with van der Waals surface area (Å²) in [6.07, 6.45) is 2.43. The van der Waals surface area contributed by atoms with Gasteiger partial charge in [-0.25, -0.2) is 0 Å². The Morgan fingerprint density at radius 1 is 1.43 bits per heavy atom. The van der Waals surface area contributed by atoms with Crippen molar-refractivity contribution in [3.8, 4) is 0 Å². The van der Waals surface area contributed by atoms with Crippen LogP contribution >= 0.6 is 39.9 Å². The van der Waals surface area contributed by atoms with E-state index in [4.69, 9.17) is 11.6 Å². The van der Waals surface area contributed by atoms with Crippen LogP contribution < -0.4 is 5.32 Å². The SMILES string of the molecule is Cl.Clc1ccc(Br)cc1[C@@H]1CCCN1. The van der Waals surface area contributed by atoms with E-state index in [-0.39, 0.29) is 12.4 Å². The van der Waals surface area contributed by atoms with E-state index < -0.39 is 0 Å². The van der Waals surface area contributed by atoms with Crippen LogP contribution in [-0.2, 0) is 0 Å². The molecule has 14 heavy (non-hydrogen) atoms. The predicted octanol–water partition coefficient (Wildman–Crippen LogP) is 3.95. The molecule has 0 radical (unpaired) electrons. The van der Waals surface area contributed by atoms with Gasteiger partial charge in [-0.15, -0.1) is 12.4 Å². The van der Waals surface area contributed by atoms with Gasteiger partial charge in [0.1, 0.15) is 0 Å². The van der Waals surface area contributed by atoms with Crippen LogP contribution in [0.2, 0.25) is 5.02 Å². The van der Waals surface area contributed by atoms with Gasteiger partial charge in [0, 0.05) is 15.5 Å². The average Bonchev–Trinajstić information content (AvgIpc) is 2.61. The van der Waals surface area contributed by atoms with Crippen molar-refractivity contribution in [2.45, 2.75) is 18.9 Å². The molecule has 1 atom stereocenters. The molecule has 0 aromatic heterocycles. The average molecular weight is 297 g/mol. The van der Waals surface area contributed by atoms with Crippen molar-refractivity contribution in [1.82, 2.24) is 5.32 Å². The topological polar surface area (TPSA) is 12.0 Å². The molecule has 1 aliphatic rings. The van der Waals surface area contributed by atoms with Gasteiger partial charge in [-0.3, -0.25) is 0 Å². The van der Waals surface area contributed by atoms with Gasteiger partial charge < -0.3 is 5.32 Å². The highest BCUT2D eigenvalue weighted by molar-refractivity contribution is 9.10. The minimum absolute atomic E-state index is 0. The molecular weight excluding hydrogens is 285 g/mol. The monoisotopic (exact) mass is 295 g/mol. The lowest BCUT2D eigenvalue weighted by Crippen LogP contribution is -2.13. The fraction of sp³-hybridized carbons (Fsp3) is 0.400. The second-order valence-corrected chi connectivity index (χ2v) is 4.64. The summed E-state index contributed by atoms with van der Waals surface area (Å²) >= 11 is 9.57.